The number of ether oxygens (including phenoxy) is 3. The summed E-state index contributed by atoms with van der Waals surface area (Å²) in [6.45, 7) is 1.06. The Morgan fingerprint density at radius 3 is 2.66 bits per heavy atom. The minimum atomic E-state index is -0.651. The molecular formula is C27H24Cl2FN5O3. The number of nitriles is 1. The second-order valence-electron chi connectivity index (χ2n) is 8.15. The van der Waals surface area contributed by atoms with Crippen molar-refractivity contribution in [3.05, 3.63) is 75.9 Å². The molecule has 0 radical (unpaired) electrons. The van der Waals surface area contributed by atoms with E-state index in [-0.39, 0.29) is 28.6 Å². The lowest BCUT2D eigenvalue weighted by Crippen LogP contribution is -2.05. The molecule has 0 atom stereocenters. The molecule has 0 unspecified atom stereocenters. The first-order valence-electron chi connectivity index (χ1n) is 11.7. The van der Waals surface area contributed by atoms with Gasteiger partial charge in [-0.05, 0) is 37.6 Å². The van der Waals surface area contributed by atoms with Crippen LogP contribution in [0.4, 0.5) is 15.8 Å². The number of benzene rings is 2. The van der Waals surface area contributed by atoms with Gasteiger partial charge in [-0.3, -0.25) is 4.98 Å². The summed E-state index contributed by atoms with van der Waals surface area (Å²) in [5.74, 6) is 0.267. The van der Waals surface area contributed by atoms with Crippen LogP contribution in [0.1, 0.15) is 24.1 Å². The third kappa shape index (κ3) is 6.34. The average molecular weight is 556 g/mol. The maximum atomic E-state index is 15.0. The monoisotopic (exact) mass is 555 g/mol. The van der Waals surface area contributed by atoms with E-state index in [9.17, 15) is 9.65 Å². The van der Waals surface area contributed by atoms with Crippen molar-refractivity contribution < 1.29 is 18.6 Å². The average Bonchev–Trinajstić information content (AvgIpc) is 2.92. The number of pyridine rings is 2. The molecular weight excluding hydrogens is 532 g/mol. The molecule has 0 amide bonds. The quantitative estimate of drug-likeness (QED) is 0.161. The number of anilines is 2. The Morgan fingerprint density at radius 2 is 1.92 bits per heavy atom. The fraction of sp³-hybridized carbons (Fsp3) is 0.222. The zero-order valence-corrected chi connectivity index (χ0v) is 21.9. The zero-order chi connectivity index (χ0) is 27.1. The van der Waals surface area contributed by atoms with Crippen molar-refractivity contribution in [2.75, 3.05) is 25.6 Å². The van der Waals surface area contributed by atoms with Gasteiger partial charge in [-0.25, -0.2) is 9.37 Å². The summed E-state index contributed by atoms with van der Waals surface area (Å²) >= 11 is 12.4. The van der Waals surface area contributed by atoms with Gasteiger partial charge in [0, 0.05) is 29.8 Å². The Kier molecular flexibility index (Phi) is 9.02. The molecule has 0 aliphatic heterocycles. The van der Waals surface area contributed by atoms with Gasteiger partial charge in [0.1, 0.15) is 17.8 Å². The number of nitrogens with two attached hydrogens (primary N) is 1. The zero-order valence-electron chi connectivity index (χ0n) is 20.4. The molecule has 0 bridgehead atoms. The third-order valence-electron chi connectivity index (χ3n) is 5.56. The third-order valence-corrected chi connectivity index (χ3v) is 6.08. The first-order valence-corrected chi connectivity index (χ1v) is 12.4. The highest BCUT2D eigenvalue weighted by Crippen LogP contribution is 2.39. The molecule has 0 saturated carbocycles. The number of unbranched alkanes of at least 4 members (excludes halogenated alkanes) is 1. The molecule has 0 spiro atoms. The summed E-state index contributed by atoms with van der Waals surface area (Å²) < 4.78 is 31.9. The number of nitrogens with one attached hydrogen (secondary N) is 1. The van der Waals surface area contributed by atoms with Crippen LogP contribution in [0.2, 0.25) is 10.2 Å². The van der Waals surface area contributed by atoms with E-state index in [1.54, 1.807) is 30.3 Å². The number of aromatic nitrogens is 2. The summed E-state index contributed by atoms with van der Waals surface area (Å²) in [6, 6.07) is 13.2. The number of nitrogens with zero attached hydrogens (tertiary/aromatic N) is 3. The minimum absolute atomic E-state index is 0.00454. The van der Waals surface area contributed by atoms with Gasteiger partial charge in [-0.1, -0.05) is 29.3 Å². The highest BCUT2D eigenvalue weighted by Gasteiger charge is 2.17. The summed E-state index contributed by atoms with van der Waals surface area (Å²) in [4.78, 5) is 8.51. The molecule has 0 fully saturated rings. The first kappa shape index (κ1) is 27.2. The standard InChI is InChI=1S/C27H24Cl2FN5O3/c1-36-24-9-18-21(12-25(24)37-8-3-2-7-31)33-14-16(13-32)27(18)35-22-11-20(30)23(10-19(22)28)38-15-17-5-4-6-26(29)34-17/h4-6,9-12,14H,2-3,7-8,15,31H2,1H3,(H,33,35). The van der Waals surface area contributed by atoms with Crippen molar-refractivity contribution >= 4 is 45.5 Å². The molecule has 2 heterocycles. The second-order valence-corrected chi connectivity index (χ2v) is 8.95. The Hall–Kier alpha value is -3.84. The number of fused-ring (bicyclic) bond motifs is 1. The predicted octanol–water partition coefficient (Wildman–Crippen LogP) is 6.40. The molecule has 11 heteroatoms. The smallest absolute Gasteiger partial charge is 0.167 e. The van der Waals surface area contributed by atoms with Crippen LogP contribution < -0.4 is 25.3 Å². The van der Waals surface area contributed by atoms with Crippen LogP contribution in [-0.2, 0) is 6.61 Å². The van der Waals surface area contributed by atoms with Crippen molar-refractivity contribution in [1.29, 1.82) is 5.26 Å². The van der Waals surface area contributed by atoms with Crippen molar-refractivity contribution in [2.24, 2.45) is 5.73 Å². The van der Waals surface area contributed by atoms with Gasteiger partial charge in [0.25, 0.3) is 0 Å². The van der Waals surface area contributed by atoms with Crippen molar-refractivity contribution in [2.45, 2.75) is 19.4 Å². The van der Waals surface area contributed by atoms with Gasteiger partial charge in [0.05, 0.1) is 46.9 Å². The van der Waals surface area contributed by atoms with E-state index in [2.05, 4.69) is 21.4 Å². The van der Waals surface area contributed by atoms with E-state index in [4.69, 9.17) is 43.1 Å². The van der Waals surface area contributed by atoms with Gasteiger partial charge < -0.3 is 25.3 Å². The second kappa shape index (κ2) is 12.6. The van der Waals surface area contributed by atoms with E-state index in [0.717, 1.165) is 12.8 Å². The first-order chi connectivity index (χ1) is 18.4. The van der Waals surface area contributed by atoms with Crippen LogP contribution in [0.3, 0.4) is 0 Å². The van der Waals surface area contributed by atoms with E-state index >= 15 is 0 Å². The molecule has 0 saturated heterocycles. The van der Waals surface area contributed by atoms with E-state index < -0.39 is 5.82 Å². The summed E-state index contributed by atoms with van der Waals surface area (Å²) in [7, 11) is 1.52. The number of methoxy groups -OCH3 is 1. The number of rotatable bonds is 11. The van der Waals surface area contributed by atoms with Crippen LogP contribution in [0.25, 0.3) is 10.9 Å². The Labute approximate surface area is 229 Å². The van der Waals surface area contributed by atoms with Crippen LogP contribution in [0.5, 0.6) is 17.2 Å². The van der Waals surface area contributed by atoms with Crippen molar-refractivity contribution in [3.63, 3.8) is 0 Å². The maximum absolute atomic E-state index is 15.0. The van der Waals surface area contributed by atoms with Crippen molar-refractivity contribution in [1.82, 2.24) is 9.97 Å². The number of halogens is 3. The van der Waals surface area contributed by atoms with E-state index in [1.807, 2.05) is 0 Å². The Balaban J connectivity index is 1.63. The van der Waals surface area contributed by atoms with Gasteiger partial charge in [0.2, 0.25) is 0 Å². The summed E-state index contributed by atoms with van der Waals surface area (Å²) in [5, 5.41) is 13.9. The van der Waals surface area contributed by atoms with Crippen molar-refractivity contribution in [3.8, 4) is 23.3 Å². The molecule has 2 aromatic heterocycles. The molecule has 0 aliphatic rings. The fourth-order valence-electron chi connectivity index (χ4n) is 3.67. The molecule has 3 N–H and O–H groups in total. The molecule has 0 aliphatic carbocycles. The van der Waals surface area contributed by atoms with Gasteiger partial charge in [0.15, 0.2) is 23.1 Å². The topological polar surface area (TPSA) is 115 Å². The predicted molar refractivity (Wildman–Crippen MR) is 145 cm³/mol. The fourth-order valence-corrected chi connectivity index (χ4v) is 4.05. The Bertz CT molecular complexity index is 1500. The SMILES string of the molecule is COc1cc2c(Nc3cc(F)c(OCc4cccc(Cl)n4)cc3Cl)c(C#N)cnc2cc1OCCCCN. The highest BCUT2D eigenvalue weighted by molar-refractivity contribution is 6.33. The van der Waals surface area contributed by atoms with E-state index in [1.165, 1.54) is 25.4 Å². The molecule has 2 aromatic carbocycles. The minimum Gasteiger partial charge on any atom is -0.493 e. The molecule has 4 aromatic rings. The number of hydrogen-bond donors (Lipinski definition) is 2. The largest absolute Gasteiger partial charge is 0.493 e. The normalized spacial score (nSPS) is 10.7. The van der Waals surface area contributed by atoms with Gasteiger partial charge in [-0.15, -0.1) is 0 Å². The number of hydrogen-bond acceptors (Lipinski definition) is 8. The van der Waals surface area contributed by atoms with Gasteiger partial charge in [-0.2, -0.15) is 5.26 Å². The summed E-state index contributed by atoms with van der Waals surface area (Å²) in [5.41, 5.74) is 7.50. The van der Waals surface area contributed by atoms with Crippen LogP contribution in [0, 0.1) is 17.1 Å². The highest BCUT2D eigenvalue weighted by atomic mass is 35.5. The lowest BCUT2D eigenvalue weighted by atomic mass is 10.1. The van der Waals surface area contributed by atoms with E-state index in [0.29, 0.717) is 52.1 Å². The van der Waals surface area contributed by atoms with Gasteiger partial charge >= 0.3 is 0 Å². The lowest BCUT2D eigenvalue weighted by Gasteiger charge is -2.16. The molecule has 196 valence electrons. The summed E-state index contributed by atoms with van der Waals surface area (Å²) in [6.07, 6.45) is 3.06. The molecule has 38 heavy (non-hydrogen) atoms. The molecule has 8 nitrogen and oxygen atoms in total. The lowest BCUT2D eigenvalue weighted by molar-refractivity contribution is 0.286. The maximum Gasteiger partial charge on any atom is 0.167 e. The van der Waals surface area contributed by atoms with Crippen LogP contribution in [-0.4, -0.2) is 30.2 Å². The Morgan fingerprint density at radius 1 is 1.08 bits per heavy atom. The van der Waals surface area contributed by atoms with Crippen LogP contribution in [0.15, 0.2) is 48.7 Å². The van der Waals surface area contributed by atoms with Crippen LogP contribution >= 0.6 is 23.2 Å². The molecule has 4 rings (SSSR count).